The highest BCUT2D eigenvalue weighted by Gasteiger charge is 2.19. The first-order valence-corrected chi connectivity index (χ1v) is 22.9. The van der Waals surface area contributed by atoms with E-state index < -0.39 is 6.10 Å². The molecule has 0 rings (SSSR count). The van der Waals surface area contributed by atoms with Crippen LogP contribution >= 0.6 is 0 Å². The summed E-state index contributed by atoms with van der Waals surface area (Å²) >= 11 is 0. The van der Waals surface area contributed by atoms with E-state index in [0.29, 0.717) is 19.3 Å². The number of esters is 3. The van der Waals surface area contributed by atoms with Gasteiger partial charge in [-0.1, -0.05) is 214 Å². The Hall–Kier alpha value is -1.59. The van der Waals surface area contributed by atoms with Gasteiger partial charge in [0.05, 0.1) is 0 Å². The minimum atomic E-state index is -0.758. The molecule has 0 N–H and O–H groups in total. The van der Waals surface area contributed by atoms with E-state index in [1.54, 1.807) is 0 Å². The standard InChI is InChI=1S/C46H88O6/c1-5-7-9-11-13-15-22-25-29-33-37-44(47)50-40-43(52-46(49)39-35-31-27-20-14-12-10-8-6-2)41-51-45(48)38-34-30-26-23-19-17-16-18-21-24-28-32-36-42(3)4/h42-43H,5-41H2,1-4H3/t43-/m1/s1. The lowest BCUT2D eigenvalue weighted by molar-refractivity contribution is -0.167. The zero-order valence-electron chi connectivity index (χ0n) is 35.3. The van der Waals surface area contributed by atoms with Crippen LogP contribution in [0.25, 0.3) is 0 Å². The van der Waals surface area contributed by atoms with Crippen molar-refractivity contribution in [2.75, 3.05) is 13.2 Å². The molecule has 1 atom stereocenters. The van der Waals surface area contributed by atoms with Crippen molar-refractivity contribution in [3.05, 3.63) is 0 Å². The second-order valence-corrected chi connectivity index (χ2v) is 16.2. The van der Waals surface area contributed by atoms with Crippen molar-refractivity contribution in [2.24, 2.45) is 5.92 Å². The summed E-state index contributed by atoms with van der Waals surface area (Å²) in [5.41, 5.74) is 0. The van der Waals surface area contributed by atoms with Gasteiger partial charge >= 0.3 is 17.9 Å². The number of hydrogen-bond acceptors (Lipinski definition) is 6. The van der Waals surface area contributed by atoms with Gasteiger partial charge in [0.2, 0.25) is 0 Å². The van der Waals surface area contributed by atoms with Crippen LogP contribution in [0.5, 0.6) is 0 Å². The third-order valence-corrected chi connectivity index (χ3v) is 10.3. The van der Waals surface area contributed by atoms with Crippen LogP contribution in [0.2, 0.25) is 0 Å². The predicted molar refractivity (Wildman–Crippen MR) is 220 cm³/mol. The maximum absolute atomic E-state index is 12.6. The number of ether oxygens (including phenoxy) is 3. The molecule has 6 heteroatoms. The van der Waals surface area contributed by atoms with E-state index in [-0.39, 0.29) is 31.1 Å². The molecule has 0 unspecified atom stereocenters. The summed E-state index contributed by atoms with van der Waals surface area (Å²) in [5.74, 6) is -0.0234. The summed E-state index contributed by atoms with van der Waals surface area (Å²) in [5, 5.41) is 0. The Morgan fingerprint density at radius 1 is 0.365 bits per heavy atom. The molecule has 0 aromatic carbocycles. The van der Waals surface area contributed by atoms with Gasteiger partial charge in [0.1, 0.15) is 13.2 Å². The van der Waals surface area contributed by atoms with E-state index in [4.69, 9.17) is 14.2 Å². The van der Waals surface area contributed by atoms with E-state index >= 15 is 0 Å². The lowest BCUT2D eigenvalue weighted by Gasteiger charge is -2.18. The molecule has 52 heavy (non-hydrogen) atoms. The molecule has 0 fully saturated rings. The van der Waals surface area contributed by atoms with Gasteiger partial charge in [0.15, 0.2) is 6.10 Å². The third-order valence-electron chi connectivity index (χ3n) is 10.3. The summed E-state index contributed by atoms with van der Waals surface area (Å²) in [6.07, 6.45) is 39.4. The van der Waals surface area contributed by atoms with Gasteiger partial charge in [0, 0.05) is 19.3 Å². The second-order valence-electron chi connectivity index (χ2n) is 16.2. The summed E-state index contributed by atoms with van der Waals surface area (Å²) < 4.78 is 16.7. The Labute approximate surface area is 323 Å². The molecular formula is C46H88O6. The van der Waals surface area contributed by atoms with E-state index in [9.17, 15) is 14.4 Å². The van der Waals surface area contributed by atoms with Gasteiger partial charge < -0.3 is 14.2 Å². The monoisotopic (exact) mass is 737 g/mol. The topological polar surface area (TPSA) is 78.9 Å². The van der Waals surface area contributed by atoms with Gasteiger partial charge in [-0.25, -0.2) is 0 Å². The van der Waals surface area contributed by atoms with E-state index in [2.05, 4.69) is 27.7 Å². The SMILES string of the molecule is CCCCCCCCCCCCC(=O)OC[C@H](COC(=O)CCCCCCCCCCCCCCC(C)C)OC(=O)CCCCCCCCCCC. The maximum atomic E-state index is 12.6. The van der Waals surface area contributed by atoms with Crippen LogP contribution < -0.4 is 0 Å². The lowest BCUT2D eigenvalue weighted by Crippen LogP contribution is -2.30. The first kappa shape index (κ1) is 50.4. The summed E-state index contributed by atoms with van der Waals surface area (Å²) in [7, 11) is 0. The maximum Gasteiger partial charge on any atom is 0.306 e. The molecule has 0 amide bonds. The van der Waals surface area contributed by atoms with Crippen molar-refractivity contribution in [1.82, 2.24) is 0 Å². The number of hydrogen-bond donors (Lipinski definition) is 0. The van der Waals surface area contributed by atoms with Crippen LogP contribution in [0.4, 0.5) is 0 Å². The summed E-state index contributed by atoms with van der Waals surface area (Å²) in [6.45, 7) is 8.97. The largest absolute Gasteiger partial charge is 0.462 e. The Morgan fingerprint density at radius 2 is 0.635 bits per heavy atom. The zero-order chi connectivity index (χ0) is 38.2. The fraction of sp³-hybridized carbons (Fsp3) is 0.935. The van der Waals surface area contributed by atoms with Gasteiger partial charge in [0.25, 0.3) is 0 Å². The molecule has 0 aromatic heterocycles. The first-order chi connectivity index (χ1) is 25.4. The van der Waals surface area contributed by atoms with Crippen molar-refractivity contribution < 1.29 is 28.6 Å². The number of rotatable bonds is 41. The van der Waals surface area contributed by atoms with Gasteiger partial charge in [-0.3, -0.25) is 14.4 Å². The van der Waals surface area contributed by atoms with Crippen LogP contribution in [-0.4, -0.2) is 37.2 Å². The number of unbranched alkanes of at least 4 members (excludes halogenated alkanes) is 28. The van der Waals surface area contributed by atoms with Crippen molar-refractivity contribution in [1.29, 1.82) is 0 Å². The van der Waals surface area contributed by atoms with Gasteiger partial charge in [-0.2, -0.15) is 0 Å². The minimum Gasteiger partial charge on any atom is -0.462 e. The molecule has 0 aliphatic rings. The number of carbonyl (C=O) groups is 3. The molecule has 0 aromatic rings. The van der Waals surface area contributed by atoms with Gasteiger partial charge in [-0.05, 0) is 25.2 Å². The zero-order valence-corrected chi connectivity index (χ0v) is 35.3. The highest BCUT2D eigenvalue weighted by atomic mass is 16.6. The van der Waals surface area contributed by atoms with Crippen molar-refractivity contribution >= 4 is 17.9 Å². The molecule has 0 saturated heterocycles. The van der Waals surface area contributed by atoms with Crippen LogP contribution in [0.15, 0.2) is 0 Å². The Morgan fingerprint density at radius 3 is 0.942 bits per heavy atom. The first-order valence-electron chi connectivity index (χ1n) is 22.9. The molecule has 0 radical (unpaired) electrons. The third kappa shape index (κ3) is 39.6. The summed E-state index contributed by atoms with van der Waals surface area (Å²) in [4.78, 5) is 37.6. The van der Waals surface area contributed by atoms with Crippen LogP contribution in [-0.2, 0) is 28.6 Å². The Kier molecular flexibility index (Phi) is 39.4. The Balaban J connectivity index is 4.27. The quantitative estimate of drug-likeness (QED) is 0.0353. The highest BCUT2D eigenvalue weighted by Crippen LogP contribution is 2.16. The average Bonchev–Trinajstić information content (AvgIpc) is 3.12. The van der Waals surface area contributed by atoms with Crippen LogP contribution in [0, 0.1) is 5.92 Å². The second kappa shape index (κ2) is 40.6. The molecular weight excluding hydrogens is 648 g/mol. The smallest absolute Gasteiger partial charge is 0.306 e. The number of carbonyl (C=O) groups excluding carboxylic acids is 3. The highest BCUT2D eigenvalue weighted by molar-refractivity contribution is 5.71. The Bertz CT molecular complexity index is 781. The molecule has 0 aliphatic carbocycles. The summed E-state index contributed by atoms with van der Waals surface area (Å²) in [6, 6.07) is 0. The molecule has 0 heterocycles. The normalized spacial score (nSPS) is 11.9. The van der Waals surface area contributed by atoms with Crippen LogP contribution in [0.1, 0.15) is 252 Å². The molecule has 0 bridgehead atoms. The molecule has 0 saturated carbocycles. The molecule has 0 aliphatic heterocycles. The molecule has 6 nitrogen and oxygen atoms in total. The fourth-order valence-corrected chi connectivity index (χ4v) is 6.80. The predicted octanol–water partition coefficient (Wildman–Crippen LogP) is 14.3. The van der Waals surface area contributed by atoms with Gasteiger partial charge in [-0.15, -0.1) is 0 Å². The van der Waals surface area contributed by atoms with Crippen molar-refractivity contribution in [2.45, 2.75) is 259 Å². The fourth-order valence-electron chi connectivity index (χ4n) is 6.80. The lowest BCUT2D eigenvalue weighted by atomic mass is 10.0. The van der Waals surface area contributed by atoms with E-state index in [0.717, 1.165) is 63.7 Å². The molecule has 0 spiro atoms. The van der Waals surface area contributed by atoms with Crippen LogP contribution in [0.3, 0.4) is 0 Å². The van der Waals surface area contributed by atoms with Crippen molar-refractivity contribution in [3.8, 4) is 0 Å². The molecule has 308 valence electrons. The average molecular weight is 737 g/mol. The van der Waals surface area contributed by atoms with E-state index in [1.807, 2.05) is 0 Å². The minimum absolute atomic E-state index is 0.0639. The van der Waals surface area contributed by atoms with Crippen molar-refractivity contribution in [3.63, 3.8) is 0 Å². The van der Waals surface area contributed by atoms with E-state index in [1.165, 1.54) is 148 Å².